The first-order chi connectivity index (χ1) is 16.3. The van der Waals surface area contributed by atoms with E-state index in [4.69, 9.17) is 0 Å². The first-order valence-electron chi connectivity index (χ1n) is 11.5. The zero-order chi connectivity index (χ0) is 23.5. The summed E-state index contributed by atoms with van der Waals surface area (Å²) in [5.74, 6) is 0.382. The van der Waals surface area contributed by atoms with E-state index in [1.54, 1.807) is 24.5 Å². The number of halogens is 3. The molecule has 0 radical (unpaired) electrons. The van der Waals surface area contributed by atoms with Crippen LogP contribution >= 0.6 is 0 Å². The predicted octanol–water partition coefficient (Wildman–Crippen LogP) is 3.82. The smallest absolute Gasteiger partial charge is 0.406 e. The molecular weight excluding hydrogens is 447 g/mol. The van der Waals surface area contributed by atoms with Crippen molar-refractivity contribution in [3.05, 3.63) is 36.8 Å². The monoisotopic (exact) mass is 471 g/mol. The van der Waals surface area contributed by atoms with Crippen molar-refractivity contribution in [2.24, 2.45) is 0 Å². The fraction of sp³-hybridized carbons (Fsp3) is 0.478. The standard InChI is InChI=1S/C23H24F3N7O/c24-23(25,26)22-6-5-15(30-22)8-17(9-22)33(16-2-3-16)21-27-12-19(31-32-21)18-4-1-13(7-20(18)34)14-10-28-29-11-14/h1,4,7,10-12,15-17,30,34H,2-3,5-6,8-9H2,(H,28,29)/t15-,17-,22+/m0/s1. The van der Waals surface area contributed by atoms with Crippen LogP contribution < -0.4 is 10.2 Å². The molecule has 34 heavy (non-hydrogen) atoms. The van der Waals surface area contributed by atoms with Gasteiger partial charge in [-0.3, -0.25) is 5.10 Å². The molecule has 2 aliphatic heterocycles. The predicted molar refractivity (Wildman–Crippen MR) is 118 cm³/mol. The van der Waals surface area contributed by atoms with Crippen LogP contribution in [0.3, 0.4) is 0 Å². The molecule has 2 saturated heterocycles. The number of aromatic nitrogens is 5. The number of phenols is 1. The number of nitrogens with one attached hydrogen (secondary N) is 2. The van der Waals surface area contributed by atoms with Crippen molar-refractivity contribution in [2.75, 3.05) is 4.90 Å². The van der Waals surface area contributed by atoms with E-state index in [2.05, 4.69) is 30.7 Å². The Kier molecular flexibility index (Phi) is 4.80. The highest BCUT2D eigenvalue weighted by atomic mass is 19.4. The molecule has 4 heterocycles. The van der Waals surface area contributed by atoms with E-state index in [1.165, 1.54) is 6.20 Å². The number of H-pyrrole nitrogens is 1. The van der Waals surface area contributed by atoms with Gasteiger partial charge in [0.1, 0.15) is 17.0 Å². The third-order valence-corrected chi connectivity index (χ3v) is 7.30. The molecule has 3 aromatic rings. The topological polar surface area (TPSA) is 103 Å². The summed E-state index contributed by atoms with van der Waals surface area (Å²) in [7, 11) is 0. The third kappa shape index (κ3) is 3.58. The number of fused-ring (bicyclic) bond motifs is 2. The Morgan fingerprint density at radius 1 is 1.06 bits per heavy atom. The first-order valence-corrected chi connectivity index (χ1v) is 11.5. The van der Waals surface area contributed by atoms with Crippen molar-refractivity contribution in [1.29, 1.82) is 0 Å². The van der Waals surface area contributed by atoms with Gasteiger partial charge in [-0.05, 0) is 56.2 Å². The van der Waals surface area contributed by atoms with Crippen molar-refractivity contribution in [3.8, 4) is 28.1 Å². The lowest BCUT2D eigenvalue weighted by atomic mass is 9.86. The fourth-order valence-corrected chi connectivity index (χ4v) is 5.48. The second kappa shape index (κ2) is 7.66. The number of phenolic OH excluding ortho intramolecular Hbond substituents is 1. The van der Waals surface area contributed by atoms with Crippen molar-refractivity contribution in [1.82, 2.24) is 30.7 Å². The highest BCUT2D eigenvalue weighted by Gasteiger charge is 2.62. The minimum absolute atomic E-state index is 0.00905. The number of piperidine rings is 1. The van der Waals surface area contributed by atoms with Crippen LogP contribution in [0.25, 0.3) is 22.4 Å². The number of nitrogens with zero attached hydrogens (tertiary/aromatic N) is 5. The molecule has 3 N–H and O–H groups in total. The van der Waals surface area contributed by atoms with E-state index in [9.17, 15) is 18.3 Å². The maximum Gasteiger partial charge on any atom is 0.406 e. The number of anilines is 1. The van der Waals surface area contributed by atoms with E-state index in [0.717, 1.165) is 24.0 Å². The summed E-state index contributed by atoms with van der Waals surface area (Å²) in [6.07, 6.45) is 3.71. The summed E-state index contributed by atoms with van der Waals surface area (Å²) in [4.78, 5) is 6.44. The number of aromatic hydroxyl groups is 1. The van der Waals surface area contributed by atoms with E-state index in [1.807, 2.05) is 11.0 Å². The summed E-state index contributed by atoms with van der Waals surface area (Å²) >= 11 is 0. The van der Waals surface area contributed by atoms with Crippen LogP contribution in [0.2, 0.25) is 0 Å². The van der Waals surface area contributed by atoms with Gasteiger partial charge in [0.25, 0.3) is 0 Å². The van der Waals surface area contributed by atoms with Gasteiger partial charge in [-0.1, -0.05) is 6.07 Å². The van der Waals surface area contributed by atoms with Crippen LogP contribution in [-0.4, -0.2) is 60.3 Å². The summed E-state index contributed by atoms with van der Waals surface area (Å²) in [5.41, 5.74) is 0.685. The highest BCUT2D eigenvalue weighted by molar-refractivity contribution is 5.73. The minimum Gasteiger partial charge on any atom is -0.507 e. The minimum atomic E-state index is -4.29. The number of hydrogen-bond acceptors (Lipinski definition) is 7. The molecule has 2 aromatic heterocycles. The third-order valence-electron chi connectivity index (χ3n) is 7.30. The molecule has 3 aliphatic rings. The van der Waals surface area contributed by atoms with Crippen LogP contribution in [0.1, 0.15) is 38.5 Å². The van der Waals surface area contributed by atoms with Crippen LogP contribution in [0.15, 0.2) is 36.8 Å². The van der Waals surface area contributed by atoms with Crippen LogP contribution in [-0.2, 0) is 0 Å². The van der Waals surface area contributed by atoms with E-state index in [0.29, 0.717) is 30.0 Å². The maximum absolute atomic E-state index is 13.9. The second-order valence-corrected chi connectivity index (χ2v) is 9.55. The normalized spacial score (nSPS) is 26.6. The lowest BCUT2D eigenvalue weighted by Gasteiger charge is -2.44. The molecule has 11 heteroatoms. The summed E-state index contributed by atoms with van der Waals surface area (Å²) in [6, 6.07) is 4.89. The Labute approximate surface area is 193 Å². The average molecular weight is 471 g/mol. The first kappa shape index (κ1) is 21.3. The van der Waals surface area contributed by atoms with Gasteiger partial charge in [0.15, 0.2) is 0 Å². The average Bonchev–Trinajstić information content (AvgIpc) is 3.36. The molecule has 3 atom stereocenters. The van der Waals surface area contributed by atoms with Gasteiger partial charge >= 0.3 is 6.18 Å². The highest BCUT2D eigenvalue weighted by Crippen LogP contribution is 2.49. The van der Waals surface area contributed by atoms with E-state index >= 15 is 0 Å². The summed E-state index contributed by atoms with van der Waals surface area (Å²) in [6.45, 7) is 0. The number of hydrogen-bond donors (Lipinski definition) is 3. The Morgan fingerprint density at radius 2 is 1.91 bits per heavy atom. The number of alkyl halides is 3. The van der Waals surface area contributed by atoms with Gasteiger partial charge < -0.3 is 15.3 Å². The van der Waals surface area contributed by atoms with Crippen molar-refractivity contribution >= 4 is 5.95 Å². The van der Waals surface area contributed by atoms with Crippen LogP contribution in [0, 0.1) is 0 Å². The molecule has 3 fully saturated rings. The Balaban J connectivity index is 1.26. The molecule has 178 valence electrons. The SMILES string of the molecule is Oc1cc(-c2cn[nH]c2)ccc1-c1cnc(N(C2CC2)[C@H]2C[C@@H]3CC[C@](C(F)(F)F)(C2)N3)nn1. The molecule has 0 unspecified atom stereocenters. The Bertz CT molecular complexity index is 1180. The van der Waals surface area contributed by atoms with Gasteiger partial charge in [0.05, 0.1) is 12.4 Å². The van der Waals surface area contributed by atoms with Gasteiger partial charge in [0.2, 0.25) is 5.95 Å². The molecule has 0 amide bonds. The maximum atomic E-state index is 13.9. The van der Waals surface area contributed by atoms with Crippen molar-refractivity contribution in [2.45, 2.75) is 68.4 Å². The van der Waals surface area contributed by atoms with Crippen LogP contribution in [0.4, 0.5) is 19.1 Å². The molecule has 2 bridgehead atoms. The quantitative estimate of drug-likeness (QED) is 0.520. The van der Waals surface area contributed by atoms with Gasteiger partial charge in [-0.25, -0.2) is 4.98 Å². The van der Waals surface area contributed by atoms with E-state index in [-0.39, 0.29) is 36.7 Å². The Hall–Kier alpha value is -3.21. The second-order valence-electron chi connectivity index (χ2n) is 9.55. The largest absolute Gasteiger partial charge is 0.507 e. The summed E-state index contributed by atoms with van der Waals surface area (Å²) < 4.78 is 41.8. The van der Waals surface area contributed by atoms with Gasteiger partial charge in [0, 0.05) is 35.4 Å². The summed E-state index contributed by atoms with van der Waals surface area (Å²) in [5, 5.41) is 28.6. The number of aromatic amines is 1. The molecule has 1 aliphatic carbocycles. The van der Waals surface area contributed by atoms with Gasteiger partial charge in [-0.15, -0.1) is 10.2 Å². The van der Waals surface area contributed by atoms with Crippen LogP contribution in [0.5, 0.6) is 5.75 Å². The Morgan fingerprint density at radius 3 is 2.56 bits per heavy atom. The molecule has 1 saturated carbocycles. The number of benzene rings is 1. The number of rotatable bonds is 5. The molecule has 6 rings (SSSR count). The molecule has 1 aromatic carbocycles. The molecule has 0 spiro atoms. The molecule has 8 nitrogen and oxygen atoms in total. The lowest BCUT2D eigenvalue weighted by Crippen LogP contribution is -2.62. The van der Waals surface area contributed by atoms with Crippen molar-refractivity contribution < 1.29 is 18.3 Å². The van der Waals surface area contributed by atoms with E-state index < -0.39 is 11.7 Å². The molecular formula is C23H24F3N7O. The lowest BCUT2D eigenvalue weighted by molar-refractivity contribution is -0.199. The van der Waals surface area contributed by atoms with Gasteiger partial charge in [-0.2, -0.15) is 18.3 Å². The zero-order valence-corrected chi connectivity index (χ0v) is 18.3. The fourth-order valence-electron chi connectivity index (χ4n) is 5.48. The zero-order valence-electron chi connectivity index (χ0n) is 18.3. The van der Waals surface area contributed by atoms with Crippen molar-refractivity contribution in [3.63, 3.8) is 0 Å².